The Morgan fingerprint density at radius 3 is 2.29 bits per heavy atom. The molecule has 6 aromatic rings. The van der Waals surface area contributed by atoms with E-state index in [9.17, 15) is 0 Å². The highest BCUT2D eigenvalue weighted by atomic mass is 32.2. The lowest BCUT2D eigenvalue weighted by molar-refractivity contribution is -0.00512. The molecule has 0 saturated heterocycles. The molecule has 0 radical (unpaired) electrons. The molecule has 7 fully saturated rings. The Bertz CT molecular complexity index is 2700. The largest absolute Gasteiger partial charge is 0.375 e. The Balaban J connectivity index is 1.09. The summed E-state index contributed by atoms with van der Waals surface area (Å²) in [5.74, 6) is 5.31. The fraction of sp³-hybridized carbons (Fsp3) is 0.423. The first-order chi connectivity index (χ1) is 27.3. The number of anilines is 3. The standard InChI is InChI=1S/C52H51BN2S/c1-29-16-39-41-23-37(51-14-13-35(31(3)25-51)15-30(2)24-51)22-40-38-21-36(52-26-32-18-33(27-52)20-34(19-32)28-52)11-12-43(38)55(49(40)41)53-42-7-6-10-47-50(42)54(45(17-29)48(39)53)44-8-4-5-9-46(44)56-47/h4-12,16-17,21-23,30-35H,13-15,18-20,24-28H2,1-3H3. The summed E-state index contributed by atoms with van der Waals surface area (Å²) in [6.45, 7) is 7.63. The highest BCUT2D eigenvalue weighted by Gasteiger charge is 2.52. The van der Waals surface area contributed by atoms with Crippen LogP contribution in [0.5, 0.6) is 0 Å². The molecule has 1 aromatic heterocycles. The predicted octanol–water partition coefficient (Wildman–Crippen LogP) is 12.6. The number of benzene rings is 5. The molecule has 7 saturated carbocycles. The van der Waals surface area contributed by atoms with Crippen LogP contribution in [0.4, 0.5) is 17.1 Å². The zero-order chi connectivity index (χ0) is 36.8. The zero-order valence-electron chi connectivity index (χ0n) is 33.2. The topological polar surface area (TPSA) is 8.17 Å². The van der Waals surface area contributed by atoms with Crippen LogP contribution in [0.1, 0.15) is 101 Å². The minimum atomic E-state index is 0.132. The van der Waals surface area contributed by atoms with E-state index in [4.69, 9.17) is 0 Å². The molecular weight excluding hydrogens is 695 g/mol. The van der Waals surface area contributed by atoms with E-state index in [1.807, 2.05) is 11.8 Å². The molecule has 16 rings (SSSR count). The van der Waals surface area contributed by atoms with E-state index in [0.717, 1.165) is 35.5 Å². The van der Waals surface area contributed by atoms with E-state index in [1.165, 1.54) is 147 Å². The molecule has 4 unspecified atom stereocenters. The average molecular weight is 747 g/mol. The van der Waals surface area contributed by atoms with Crippen molar-refractivity contribution in [3.63, 3.8) is 0 Å². The summed E-state index contributed by atoms with van der Waals surface area (Å²) >= 11 is 1.95. The van der Waals surface area contributed by atoms with Crippen molar-refractivity contribution in [1.82, 2.24) is 4.48 Å². The van der Waals surface area contributed by atoms with Gasteiger partial charge in [0.2, 0.25) is 0 Å². The number of hydrogen-bond donors (Lipinski definition) is 0. The van der Waals surface area contributed by atoms with Crippen LogP contribution in [0.15, 0.2) is 94.7 Å². The van der Waals surface area contributed by atoms with E-state index in [-0.39, 0.29) is 12.3 Å². The minimum Gasteiger partial charge on any atom is -0.375 e. The maximum atomic E-state index is 2.85. The number of hydrogen-bond acceptors (Lipinski definition) is 2. The Kier molecular flexibility index (Phi) is 6.18. The van der Waals surface area contributed by atoms with Crippen LogP contribution in [-0.4, -0.2) is 11.3 Å². The molecule has 3 aliphatic heterocycles. The van der Waals surface area contributed by atoms with Gasteiger partial charge in [-0.3, -0.25) is 0 Å². The van der Waals surface area contributed by atoms with Crippen molar-refractivity contribution < 1.29 is 0 Å². The normalized spacial score (nSPS) is 32.5. The zero-order valence-corrected chi connectivity index (χ0v) is 34.0. The summed E-state index contributed by atoms with van der Waals surface area (Å²) in [7, 11) is 0. The Morgan fingerprint density at radius 1 is 0.679 bits per heavy atom. The second kappa shape index (κ2) is 10.8. The second-order valence-electron chi connectivity index (χ2n) is 20.8. The highest BCUT2D eigenvalue weighted by Crippen LogP contribution is 2.62. The molecule has 10 aliphatic rings. The molecule has 7 aliphatic carbocycles. The van der Waals surface area contributed by atoms with Gasteiger partial charge in [0.1, 0.15) is 0 Å². The van der Waals surface area contributed by atoms with Gasteiger partial charge in [0, 0.05) is 42.8 Å². The van der Waals surface area contributed by atoms with Gasteiger partial charge in [-0.05, 0) is 206 Å². The molecule has 6 bridgehead atoms. The number of aryl methyl sites for hydroxylation is 1. The molecule has 56 heavy (non-hydrogen) atoms. The second-order valence-corrected chi connectivity index (χ2v) is 21.9. The van der Waals surface area contributed by atoms with Crippen molar-refractivity contribution in [3.8, 4) is 11.1 Å². The van der Waals surface area contributed by atoms with Crippen molar-refractivity contribution in [1.29, 1.82) is 0 Å². The third kappa shape index (κ3) is 4.03. The van der Waals surface area contributed by atoms with Crippen molar-refractivity contribution in [3.05, 3.63) is 102 Å². The fourth-order valence-corrected chi connectivity index (χ4v) is 16.9. The maximum absolute atomic E-state index is 2.85. The number of para-hydroxylation sites is 2. The lowest BCUT2D eigenvalue weighted by Crippen LogP contribution is -2.57. The first kappa shape index (κ1) is 32.1. The summed E-state index contributed by atoms with van der Waals surface area (Å²) < 4.78 is 2.85. The SMILES string of the molecule is Cc1cc2c3c(c1)N1c4ccccc4Sc4cccc(c41)B3n1c3ccc(C45CC6CC(CC(C6)C4)C5)cc3c3cc(C45CCC(CC(C)C4)C(C)C5)cc-2c31. The molecule has 4 atom stereocenters. The van der Waals surface area contributed by atoms with Crippen LogP contribution in [0, 0.1) is 42.4 Å². The Labute approximate surface area is 336 Å². The van der Waals surface area contributed by atoms with E-state index in [0.29, 0.717) is 5.41 Å². The monoisotopic (exact) mass is 746 g/mol. The van der Waals surface area contributed by atoms with Crippen molar-refractivity contribution in [2.75, 3.05) is 4.90 Å². The van der Waals surface area contributed by atoms with Crippen LogP contribution >= 0.6 is 11.8 Å². The smallest absolute Gasteiger partial charge is 0.333 e. The molecule has 2 nitrogen and oxygen atoms in total. The third-order valence-electron chi connectivity index (χ3n) is 17.4. The minimum absolute atomic E-state index is 0.132. The summed E-state index contributed by atoms with van der Waals surface area (Å²) in [6, 6.07) is 34.9. The molecule has 0 spiro atoms. The van der Waals surface area contributed by atoms with Crippen LogP contribution in [0.2, 0.25) is 0 Å². The molecule has 4 heteroatoms. The molecule has 5 aromatic carbocycles. The van der Waals surface area contributed by atoms with Gasteiger partial charge in [0.05, 0.1) is 11.4 Å². The van der Waals surface area contributed by atoms with E-state index in [2.05, 4.69) is 115 Å². The lowest BCUT2D eigenvalue weighted by atomic mass is 9.45. The number of aromatic nitrogens is 1. The van der Waals surface area contributed by atoms with Gasteiger partial charge in [-0.2, -0.15) is 0 Å². The molecular formula is C52H51BN2S. The van der Waals surface area contributed by atoms with Gasteiger partial charge in [0.25, 0.3) is 0 Å². The maximum Gasteiger partial charge on any atom is 0.333 e. The van der Waals surface area contributed by atoms with Crippen molar-refractivity contribution in [2.24, 2.45) is 35.5 Å². The summed E-state index contributed by atoms with van der Waals surface area (Å²) in [6.07, 6.45) is 15.6. The molecule has 0 amide bonds. The van der Waals surface area contributed by atoms with E-state index >= 15 is 0 Å². The number of rotatable bonds is 2. The van der Waals surface area contributed by atoms with Gasteiger partial charge >= 0.3 is 6.85 Å². The summed E-state index contributed by atoms with van der Waals surface area (Å²) in [4.78, 5) is 5.37. The van der Waals surface area contributed by atoms with Crippen LogP contribution in [0.25, 0.3) is 32.9 Å². The lowest BCUT2D eigenvalue weighted by Gasteiger charge is -2.57. The van der Waals surface area contributed by atoms with Crippen molar-refractivity contribution in [2.45, 2.75) is 112 Å². The van der Waals surface area contributed by atoms with Crippen LogP contribution in [0.3, 0.4) is 0 Å². The molecule has 4 heterocycles. The summed E-state index contributed by atoms with van der Waals surface area (Å²) in [5.41, 5.74) is 18.2. The van der Waals surface area contributed by atoms with Gasteiger partial charge < -0.3 is 9.38 Å². The highest BCUT2D eigenvalue weighted by molar-refractivity contribution is 7.99. The number of fused-ring (bicyclic) bond motifs is 13. The average Bonchev–Trinajstić information content (AvgIpc) is 3.32. The summed E-state index contributed by atoms with van der Waals surface area (Å²) in [5, 5.41) is 3.05. The Morgan fingerprint density at radius 2 is 1.46 bits per heavy atom. The fourth-order valence-electron chi connectivity index (χ4n) is 15.8. The van der Waals surface area contributed by atoms with Gasteiger partial charge in [-0.25, -0.2) is 0 Å². The van der Waals surface area contributed by atoms with E-state index in [1.54, 1.807) is 11.1 Å². The van der Waals surface area contributed by atoms with Gasteiger partial charge in [0.15, 0.2) is 0 Å². The van der Waals surface area contributed by atoms with E-state index < -0.39 is 0 Å². The molecule has 0 N–H and O–H groups in total. The predicted molar refractivity (Wildman–Crippen MR) is 235 cm³/mol. The van der Waals surface area contributed by atoms with Gasteiger partial charge in [-0.15, -0.1) is 0 Å². The van der Waals surface area contributed by atoms with Crippen LogP contribution < -0.4 is 15.8 Å². The first-order valence-corrected chi connectivity index (χ1v) is 23.1. The first-order valence-electron chi connectivity index (χ1n) is 22.3. The van der Waals surface area contributed by atoms with Crippen molar-refractivity contribution >= 4 is 68.4 Å². The van der Waals surface area contributed by atoms with Gasteiger partial charge in [-0.1, -0.05) is 62.0 Å². The quantitative estimate of drug-likeness (QED) is 0.163. The number of nitrogens with zero attached hydrogens (tertiary/aromatic N) is 2. The third-order valence-corrected chi connectivity index (χ3v) is 18.5. The molecule has 278 valence electrons. The Hall–Kier alpha value is -3.89. The van der Waals surface area contributed by atoms with Crippen LogP contribution in [-0.2, 0) is 10.8 Å².